The van der Waals surface area contributed by atoms with Gasteiger partial charge in [-0.3, -0.25) is 0 Å². The zero-order valence-corrected chi connectivity index (χ0v) is 14.1. The quantitative estimate of drug-likeness (QED) is 0.631. The normalized spacial score (nSPS) is 12.2. The summed E-state index contributed by atoms with van der Waals surface area (Å²) in [6, 6.07) is 13.0. The van der Waals surface area contributed by atoms with Gasteiger partial charge in [0, 0.05) is 10.4 Å². The molecule has 0 saturated heterocycles. The van der Waals surface area contributed by atoms with Crippen molar-refractivity contribution in [3.8, 4) is 5.75 Å². The van der Waals surface area contributed by atoms with Crippen LogP contribution in [0.5, 0.6) is 5.75 Å². The first-order chi connectivity index (χ1) is 10.1. The van der Waals surface area contributed by atoms with Gasteiger partial charge in [0.15, 0.2) is 0 Å². The lowest BCUT2D eigenvalue weighted by Crippen LogP contribution is -2.12. The zero-order chi connectivity index (χ0) is 15.2. The molecule has 0 radical (unpaired) electrons. The van der Waals surface area contributed by atoms with Crippen molar-refractivity contribution >= 4 is 27.5 Å². The Hall–Kier alpha value is -1.06. The van der Waals surface area contributed by atoms with Gasteiger partial charge in [-0.15, -0.1) is 11.6 Å². The highest BCUT2D eigenvalue weighted by Crippen LogP contribution is 2.25. The lowest BCUT2D eigenvalue weighted by Gasteiger charge is -2.16. The van der Waals surface area contributed by atoms with Gasteiger partial charge in [-0.05, 0) is 48.1 Å². The highest BCUT2D eigenvalue weighted by atomic mass is 79.9. The van der Waals surface area contributed by atoms with Gasteiger partial charge >= 0.3 is 0 Å². The monoisotopic (exact) mass is 370 g/mol. The van der Waals surface area contributed by atoms with Crippen molar-refractivity contribution in [1.29, 1.82) is 0 Å². The SMILES string of the molecule is COc1ccccc1CC(CCl)Cc1ccc(Br)cc1F. The molecular formula is C17H17BrClFO. The maximum absolute atomic E-state index is 13.9. The fraction of sp³-hybridized carbons (Fsp3) is 0.294. The molecule has 0 aliphatic rings. The van der Waals surface area contributed by atoms with E-state index in [1.54, 1.807) is 13.2 Å². The second-order valence-corrected chi connectivity index (χ2v) is 6.20. The molecule has 0 bridgehead atoms. The van der Waals surface area contributed by atoms with Gasteiger partial charge in [-0.2, -0.15) is 0 Å². The number of hydrogen-bond donors (Lipinski definition) is 0. The number of hydrogen-bond acceptors (Lipinski definition) is 1. The van der Waals surface area contributed by atoms with E-state index in [4.69, 9.17) is 16.3 Å². The van der Waals surface area contributed by atoms with Crippen LogP contribution < -0.4 is 4.74 Å². The van der Waals surface area contributed by atoms with Gasteiger partial charge in [0.1, 0.15) is 11.6 Å². The molecule has 1 nitrogen and oxygen atoms in total. The predicted octanol–water partition coefficient (Wildman–Crippen LogP) is 5.24. The van der Waals surface area contributed by atoms with Gasteiger partial charge in [-0.25, -0.2) is 4.39 Å². The van der Waals surface area contributed by atoms with Gasteiger partial charge in [-0.1, -0.05) is 40.2 Å². The van der Waals surface area contributed by atoms with Crippen molar-refractivity contribution in [3.05, 3.63) is 63.9 Å². The van der Waals surface area contributed by atoms with E-state index in [9.17, 15) is 4.39 Å². The van der Waals surface area contributed by atoms with Crippen LogP contribution in [-0.4, -0.2) is 13.0 Å². The standard InChI is InChI=1S/C17H17BrClFO/c1-21-17-5-3-2-4-14(17)9-12(11-19)8-13-6-7-15(18)10-16(13)20/h2-7,10,12H,8-9,11H2,1H3. The Bertz CT molecular complexity index is 603. The Labute approximate surface area is 138 Å². The summed E-state index contributed by atoms with van der Waals surface area (Å²) in [7, 11) is 1.66. The largest absolute Gasteiger partial charge is 0.496 e. The topological polar surface area (TPSA) is 9.23 Å². The Kier molecular flexibility index (Phi) is 6.07. The number of methoxy groups -OCH3 is 1. The maximum Gasteiger partial charge on any atom is 0.127 e. The van der Waals surface area contributed by atoms with Crippen LogP contribution in [-0.2, 0) is 12.8 Å². The van der Waals surface area contributed by atoms with E-state index in [1.807, 2.05) is 30.3 Å². The third-order valence-electron chi connectivity index (χ3n) is 3.44. The third kappa shape index (κ3) is 4.45. The van der Waals surface area contributed by atoms with Crippen molar-refractivity contribution in [1.82, 2.24) is 0 Å². The summed E-state index contributed by atoms with van der Waals surface area (Å²) in [5.74, 6) is 1.30. The van der Waals surface area contributed by atoms with E-state index in [1.165, 1.54) is 6.07 Å². The Balaban J connectivity index is 2.13. The number of alkyl halides is 1. The van der Waals surface area contributed by atoms with Crippen LogP contribution in [0.1, 0.15) is 11.1 Å². The minimum absolute atomic E-state index is 0.165. The van der Waals surface area contributed by atoms with Crippen molar-refractivity contribution in [3.63, 3.8) is 0 Å². The van der Waals surface area contributed by atoms with Crippen molar-refractivity contribution < 1.29 is 9.13 Å². The van der Waals surface area contributed by atoms with Gasteiger partial charge < -0.3 is 4.74 Å². The molecule has 0 aromatic heterocycles. The van der Waals surface area contributed by atoms with Crippen molar-refractivity contribution in [2.75, 3.05) is 13.0 Å². The summed E-state index contributed by atoms with van der Waals surface area (Å²) in [4.78, 5) is 0. The lowest BCUT2D eigenvalue weighted by molar-refractivity contribution is 0.405. The molecule has 2 aromatic carbocycles. The molecule has 0 spiro atoms. The van der Waals surface area contributed by atoms with E-state index < -0.39 is 0 Å². The van der Waals surface area contributed by atoms with Gasteiger partial charge in [0.25, 0.3) is 0 Å². The van der Waals surface area contributed by atoms with Crippen LogP contribution in [0.4, 0.5) is 4.39 Å². The molecule has 0 amide bonds. The molecular weight excluding hydrogens is 355 g/mol. The van der Waals surface area contributed by atoms with Crippen LogP contribution >= 0.6 is 27.5 Å². The van der Waals surface area contributed by atoms with E-state index in [0.717, 1.165) is 22.2 Å². The van der Waals surface area contributed by atoms with E-state index in [0.29, 0.717) is 17.9 Å². The van der Waals surface area contributed by atoms with Crippen LogP contribution in [0.3, 0.4) is 0 Å². The number of ether oxygens (including phenoxy) is 1. The molecule has 0 aliphatic heterocycles. The average molecular weight is 372 g/mol. The molecule has 0 saturated carbocycles. The fourth-order valence-corrected chi connectivity index (χ4v) is 2.91. The number of benzene rings is 2. The molecule has 4 heteroatoms. The first-order valence-corrected chi connectivity index (χ1v) is 8.08. The maximum atomic E-state index is 13.9. The molecule has 1 unspecified atom stereocenters. The molecule has 0 aliphatic carbocycles. The Morgan fingerprint density at radius 2 is 1.86 bits per heavy atom. The number of para-hydroxylation sites is 1. The summed E-state index contributed by atoms with van der Waals surface area (Å²) in [5.41, 5.74) is 1.79. The Morgan fingerprint density at radius 3 is 2.52 bits per heavy atom. The molecule has 0 fully saturated rings. The summed E-state index contributed by atoms with van der Waals surface area (Å²) >= 11 is 9.34. The molecule has 21 heavy (non-hydrogen) atoms. The fourth-order valence-electron chi connectivity index (χ4n) is 2.36. The van der Waals surface area contributed by atoms with Crippen molar-refractivity contribution in [2.24, 2.45) is 5.92 Å². The third-order valence-corrected chi connectivity index (χ3v) is 4.37. The first kappa shape index (κ1) is 16.3. The first-order valence-electron chi connectivity index (χ1n) is 6.75. The molecule has 0 N–H and O–H groups in total. The second-order valence-electron chi connectivity index (χ2n) is 4.98. The smallest absolute Gasteiger partial charge is 0.127 e. The van der Waals surface area contributed by atoms with E-state index in [-0.39, 0.29) is 11.7 Å². The number of rotatable bonds is 6. The summed E-state index contributed by atoms with van der Waals surface area (Å²) in [6.45, 7) is 0. The zero-order valence-electron chi connectivity index (χ0n) is 11.8. The average Bonchev–Trinajstić information content (AvgIpc) is 2.49. The second kappa shape index (κ2) is 7.81. The molecule has 1 atom stereocenters. The van der Waals surface area contributed by atoms with Gasteiger partial charge in [0.2, 0.25) is 0 Å². The highest BCUT2D eigenvalue weighted by Gasteiger charge is 2.15. The van der Waals surface area contributed by atoms with Crippen LogP contribution in [0.25, 0.3) is 0 Å². The Morgan fingerprint density at radius 1 is 1.14 bits per heavy atom. The number of halogens is 3. The van der Waals surface area contributed by atoms with Crippen molar-refractivity contribution in [2.45, 2.75) is 12.8 Å². The molecule has 0 heterocycles. The van der Waals surface area contributed by atoms with Gasteiger partial charge in [0.05, 0.1) is 7.11 Å². The van der Waals surface area contributed by atoms with E-state index in [2.05, 4.69) is 15.9 Å². The summed E-state index contributed by atoms with van der Waals surface area (Å²) in [5, 5.41) is 0. The van der Waals surface area contributed by atoms with Crippen LogP contribution in [0, 0.1) is 11.7 Å². The van der Waals surface area contributed by atoms with E-state index >= 15 is 0 Å². The molecule has 2 rings (SSSR count). The highest BCUT2D eigenvalue weighted by molar-refractivity contribution is 9.10. The predicted molar refractivity (Wildman–Crippen MR) is 88.7 cm³/mol. The van der Waals surface area contributed by atoms with Crippen LogP contribution in [0.2, 0.25) is 0 Å². The molecule has 2 aromatic rings. The van der Waals surface area contributed by atoms with Crippen LogP contribution in [0.15, 0.2) is 46.9 Å². The summed E-state index contributed by atoms with van der Waals surface area (Å²) in [6.07, 6.45) is 1.38. The lowest BCUT2D eigenvalue weighted by atomic mass is 9.93. The minimum atomic E-state index is -0.195. The molecule has 112 valence electrons. The summed E-state index contributed by atoms with van der Waals surface area (Å²) < 4.78 is 20.0. The minimum Gasteiger partial charge on any atom is -0.496 e.